The molecule has 0 aromatic carbocycles. The molecule has 22 heavy (non-hydrogen) atoms. The minimum absolute atomic E-state index is 0.0687. The zero-order chi connectivity index (χ0) is 16.2. The maximum Gasteiger partial charge on any atom is 0.220 e. The van der Waals surface area contributed by atoms with E-state index in [2.05, 4.69) is 33.0 Å². The standard InChI is InChI=1S/C18H29NO3/c1-13(2)16(14-7-9-22-18(3,4)11-14)10-17(20)19-12-15-6-5-8-21-15/h5-6,8,13-14,16H,7,9-12H2,1-4H3,(H,19,20)/t14-,16+/m0/s1. The van der Waals surface area contributed by atoms with Gasteiger partial charge in [-0.2, -0.15) is 0 Å². The molecule has 0 bridgehead atoms. The van der Waals surface area contributed by atoms with Crippen LogP contribution in [0, 0.1) is 17.8 Å². The van der Waals surface area contributed by atoms with E-state index in [4.69, 9.17) is 9.15 Å². The Balaban J connectivity index is 1.89. The quantitative estimate of drug-likeness (QED) is 0.870. The lowest BCUT2D eigenvalue weighted by molar-refractivity contribution is -0.125. The second kappa shape index (κ2) is 7.32. The zero-order valence-corrected chi connectivity index (χ0v) is 14.2. The van der Waals surface area contributed by atoms with E-state index in [9.17, 15) is 4.79 Å². The van der Waals surface area contributed by atoms with Gasteiger partial charge in [-0.1, -0.05) is 13.8 Å². The molecular formula is C18H29NO3. The third kappa shape index (κ3) is 4.87. The zero-order valence-electron chi connectivity index (χ0n) is 14.2. The topological polar surface area (TPSA) is 51.5 Å². The van der Waals surface area contributed by atoms with Crippen molar-refractivity contribution in [3.63, 3.8) is 0 Å². The van der Waals surface area contributed by atoms with E-state index >= 15 is 0 Å². The number of carbonyl (C=O) groups is 1. The molecule has 0 aliphatic carbocycles. The SMILES string of the molecule is CC(C)[C@@H](CC(=O)NCc1ccco1)[C@H]1CCOC(C)(C)C1. The molecule has 1 N–H and O–H groups in total. The molecule has 2 atom stereocenters. The molecule has 0 unspecified atom stereocenters. The Morgan fingerprint density at radius 2 is 2.23 bits per heavy atom. The highest BCUT2D eigenvalue weighted by molar-refractivity contribution is 5.76. The third-order valence-corrected chi connectivity index (χ3v) is 4.66. The molecule has 0 radical (unpaired) electrons. The first-order valence-corrected chi connectivity index (χ1v) is 8.30. The van der Waals surface area contributed by atoms with Crippen molar-refractivity contribution in [2.24, 2.45) is 17.8 Å². The molecule has 2 rings (SSSR count). The molecule has 4 heteroatoms. The Labute approximate surface area is 133 Å². The molecule has 1 fully saturated rings. The first-order chi connectivity index (χ1) is 10.4. The summed E-state index contributed by atoms with van der Waals surface area (Å²) < 4.78 is 11.1. The number of furan rings is 1. The van der Waals surface area contributed by atoms with Crippen molar-refractivity contribution in [2.75, 3.05) is 6.61 Å². The van der Waals surface area contributed by atoms with Crippen LogP contribution in [-0.2, 0) is 16.1 Å². The summed E-state index contributed by atoms with van der Waals surface area (Å²) in [7, 11) is 0. The third-order valence-electron chi connectivity index (χ3n) is 4.66. The van der Waals surface area contributed by atoms with Gasteiger partial charge in [-0.05, 0) is 56.6 Å². The summed E-state index contributed by atoms with van der Waals surface area (Å²) in [6, 6.07) is 3.71. The largest absolute Gasteiger partial charge is 0.467 e. The van der Waals surface area contributed by atoms with Crippen LogP contribution in [0.4, 0.5) is 0 Å². The van der Waals surface area contributed by atoms with E-state index < -0.39 is 0 Å². The van der Waals surface area contributed by atoms with Crippen molar-refractivity contribution in [1.29, 1.82) is 0 Å². The molecule has 1 aromatic rings. The summed E-state index contributed by atoms with van der Waals surface area (Å²) in [6.07, 6.45) is 4.29. The lowest BCUT2D eigenvalue weighted by atomic mass is 9.73. The van der Waals surface area contributed by atoms with Gasteiger partial charge in [0.1, 0.15) is 5.76 Å². The second-order valence-electron chi connectivity index (χ2n) is 7.33. The number of ether oxygens (including phenoxy) is 1. The van der Waals surface area contributed by atoms with Crippen molar-refractivity contribution in [2.45, 2.75) is 59.1 Å². The number of carbonyl (C=O) groups excluding carboxylic acids is 1. The Kier molecular flexibility index (Phi) is 5.68. The Hall–Kier alpha value is -1.29. The molecule has 1 aromatic heterocycles. The Morgan fingerprint density at radius 3 is 2.82 bits per heavy atom. The van der Waals surface area contributed by atoms with E-state index in [1.807, 2.05) is 12.1 Å². The number of amides is 1. The fraction of sp³-hybridized carbons (Fsp3) is 0.722. The maximum atomic E-state index is 12.3. The summed E-state index contributed by atoms with van der Waals surface area (Å²) in [5, 5.41) is 2.97. The minimum Gasteiger partial charge on any atom is -0.467 e. The molecule has 4 nitrogen and oxygen atoms in total. The van der Waals surface area contributed by atoms with E-state index in [1.165, 1.54) is 0 Å². The van der Waals surface area contributed by atoms with E-state index in [0.717, 1.165) is 25.2 Å². The van der Waals surface area contributed by atoms with Crippen LogP contribution >= 0.6 is 0 Å². The maximum absolute atomic E-state index is 12.3. The molecule has 0 spiro atoms. The molecule has 1 aliphatic heterocycles. The van der Waals surface area contributed by atoms with Gasteiger partial charge in [-0.25, -0.2) is 0 Å². The summed E-state index contributed by atoms with van der Waals surface area (Å²) in [5.41, 5.74) is -0.0687. The normalized spacial score (nSPS) is 22.5. The van der Waals surface area contributed by atoms with Gasteiger partial charge in [-0.15, -0.1) is 0 Å². The first kappa shape index (κ1) is 17.1. The molecule has 1 amide bonds. The molecule has 1 saturated heterocycles. The van der Waals surface area contributed by atoms with Gasteiger partial charge in [0.2, 0.25) is 5.91 Å². The highest BCUT2D eigenvalue weighted by atomic mass is 16.5. The minimum atomic E-state index is -0.0687. The van der Waals surface area contributed by atoms with Gasteiger partial charge in [0.05, 0.1) is 18.4 Å². The van der Waals surface area contributed by atoms with Gasteiger partial charge in [0.15, 0.2) is 0 Å². The molecule has 124 valence electrons. The van der Waals surface area contributed by atoms with Crippen LogP contribution < -0.4 is 5.32 Å². The van der Waals surface area contributed by atoms with Crippen molar-refractivity contribution in [3.05, 3.63) is 24.2 Å². The van der Waals surface area contributed by atoms with E-state index in [0.29, 0.717) is 30.7 Å². The second-order valence-corrected chi connectivity index (χ2v) is 7.33. The molecule has 0 saturated carbocycles. The average molecular weight is 307 g/mol. The van der Waals surface area contributed by atoms with Crippen molar-refractivity contribution >= 4 is 5.91 Å². The number of rotatable bonds is 6. The van der Waals surface area contributed by atoms with Gasteiger partial charge in [0.25, 0.3) is 0 Å². The van der Waals surface area contributed by atoms with Crippen LogP contribution in [0.2, 0.25) is 0 Å². The summed E-state index contributed by atoms with van der Waals surface area (Å²) in [5.74, 6) is 2.35. The predicted octanol–water partition coefficient (Wildman–Crippen LogP) is 3.76. The summed E-state index contributed by atoms with van der Waals surface area (Å²) in [6.45, 7) is 9.99. The van der Waals surface area contributed by atoms with Crippen LogP contribution in [-0.4, -0.2) is 18.1 Å². The van der Waals surface area contributed by atoms with Gasteiger partial charge < -0.3 is 14.5 Å². The van der Waals surface area contributed by atoms with Crippen LogP contribution in [0.15, 0.2) is 22.8 Å². The van der Waals surface area contributed by atoms with Gasteiger partial charge >= 0.3 is 0 Å². The van der Waals surface area contributed by atoms with Crippen LogP contribution in [0.25, 0.3) is 0 Å². The highest BCUT2D eigenvalue weighted by Crippen LogP contribution is 2.37. The predicted molar refractivity (Wildman–Crippen MR) is 86.3 cm³/mol. The molecule has 2 heterocycles. The van der Waals surface area contributed by atoms with Crippen LogP contribution in [0.3, 0.4) is 0 Å². The van der Waals surface area contributed by atoms with Gasteiger partial charge in [-0.3, -0.25) is 4.79 Å². The number of hydrogen-bond acceptors (Lipinski definition) is 3. The fourth-order valence-electron chi connectivity index (χ4n) is 3.48. The highest BCUT2D eigenvalue weighted by Gasteiger charge is 2.35. The average Bonchev–Trinajstić information content (AvgIpc) is 2.94. The lowest BCUT2D eigenvalue weighted by Crippen LogP contribution is -2.39. The van der Waals surface area contributed by atoms with Crippen LogP contribution in [0.5, 0.6) is 0 Å². The fourth-order valence-corrected chi connectivity index (χ4v) is 3.48. The summed E-state index contributed by atoms with van der Waals surface area (Å²) >= 11 is 0. The van der Waals surface area contributed by atoms with Crippen LogP contribution in [0.1, 0.15) is 52.7 Å². The molecule has 1 aliphatic rings. The Bertz CT molecular complexity index is 465. The summed E-state index contributed by atoms with van der Waals surface area (Å²) in [4.78, 5) is 12.3. The molecular weight excluding hydrogens is 278 g/mol. The smallest absolute Gasteiger partial charge is 0.220 e. The van der Waals surface area contributed by atoms with E-state index in [-0.39, 0.29) is 11.5 Å². The number of nitrogens with one attached hydrogen (secondary N) is 1. The van der Waals surface area contributed by atoms with Crippen molar-refractivity contribution in [1.82, 2.24) is 5.32 Å². The van der Waals surface area contributed by atoms with Crippen molar-refractivity contribution in [3.8, 4) is 0 Å². The Morgan fingerprint density at radius 1 is 1.45 bits per heavy atom. The first-order valence-electron chi connectivity index (χ1n) is 8.30. The van der Waals surface area contributed by atoms with E-state index in [1.54, 1.807) is 6.26 Å². The number of hydrogen-bond donors (Lipinski definition) is 1. The monoisotopic (exact) mass is 307 g/mol. The van der Waals surface area contributed by atoms with Gasteiger partial charge in [0, 0.05) is 13.0 Å². The van der Waals surface area contributed by atoms with Crippen molar-refractivity contribution < 1.29 is 13.9 Å². The lowest BCUT2D eigenvalue weighted by Gasteiger charge is -2.40.